The fourth-order valence-corrected chi connectivity index (χ4v) is 3.93. The highest BCUT2D eigenvalue weighted by atomic mass is 32.1. The number of esters is 1. The van der Waals surface area contributed by atoms with E-state index in [0.29, 0.717) is 30.8 Å². The topological polar surface area (TPSA) is 47.4 Å². The number of carbonyl (C=O) groups is 1. The molecule has 2 aromatic heterocycles. The number of nitrogens with zero attached hydrogens (tertiary/aromatic N) is 3. The van der Waals surface area contributed by atoms with Crippen LogP contribution >= 0.6 is 11.3 Å². The third kappa shape index (κ3) is 3.53. The lowest BCUT2D eigenvalue weighted by Crippen LogP contribution is -2.40. The van der Waals surface area contributed by atoms with E-state index in [2.05, 4.69) is 5.10 Å². The van der Waals surface area contributed by atoms with Crippen LogP contribution in [0.4, 0.5) is 8.78 Å². The minimum atomic E-state index is -2.32. The first kappa shape index (κ1) is 16.3. The summed E-state index contributed by atoms with van der Waals surface area (Å²) in [6, 6.07) is 1.82. The molecule has 1 aliphatic heterocycles. The molecule has 1 fully saturated rings. The quantitative estimate of drug-likeness (QED) is 0.801. The van der Waals surface area contributed by atoms with E-state index in [1.165, 1.54) is 11.3 Å². The Morgan fingerprint density at radius 2 is 2.17 bits per heavy atom. The van der Waals surface area contributed by atoms with Gasteiger partial charge in [0.1, 0.15) is 15.8 Å². The van der Waals surface area contributed by atoms with Crippen molar-refractivity contribution in [2.24, 2.45) is 7.05 Å². The zero-order valence-corrected chi connectivity index (χ0v) is 13.9. The van der Waals surface area contributed by atoms with Gasteiger partial charge in [0.25, 0.3) is 6.43 Å². The van der Waals surface area contributed by atoms with E-state index < -0.39 is 6.43 Å². The smallest absolute Gasteiger partial charge is 0.348 e. The van der Waals surface area contributed by atoms with Crippen LogP contribution in [0.15, 0.2) is 6.07 Å². The maximum Gasteiger partial charge on any atom is 0.348 e. The lowest BCUT2D eigenvalue weighted by Gasteiger charge is -2.31. The van der Waals surface area contributed by atoms with Crippen LogP contribution in [0.1, 0.15) is 28.2 Å². The summed E-state index contributed by atoms with van der Waals surface area (Å²) in [5, 5.41) is 5.28. The van der Waals surface area contributed by atoms with E-state index in [0.717, 1.165) is 15.9 Å². The van der Waals surface area contributed by atoms with Crippen LogP contribution in [0.3, 0.4) is 0 Å². The van der Waals surface area contributed by atoms with E-state index in [1.807, 2.05) is 20.0 Å². The van der Waals surface area contributed by atoms with E-state index in [9.17, 15) is 13.6 Å². The first-order valence-corrected chi connectivity index (χ1v) is 8.40. The number of thiophene rings is 1. The number of carbonyl (C=O) groups excluding carboxylic acids is 1. The number of hydrogen-bond donors (Lipinski definition) is 0. The number of aryl methyl sites for hydroxylation is 2. The molecular formula is C15H19F2N3O2S. The molecule has 0 radical (unpaired) electrons. The van der Waals surface area contributed by atoms with Gasteiger partial charge in [-0.05, 0) is 25.8 Å². The SMILES string of the molecule is Cc1nn(C)c2sc(C(=O)OC3CCN(CC(F)F)CC3)cc12. The highest BCUT2D eigenvalue weighted by molar-refractivity contribution is 7.20. The second kappa shape index (κ2) is 6.52. The lowest BCUT2D eigenvalue weighted by atomic mass is 10.1. The monoisotopic (exact) mass is 343 g/mol. The summed E-state index contributed by atoms with van der Waals surface area (Å²) in [4.78, 5) is 15.5. The van der Waals surface area contributed by atoms with Gasteiger partial charge in [0, 0.05) is 25.5 Å². The van der Waals surface area contributed by atoms with Crippen molar-refractivity contribution in [3.63, 3.8) is 0 Å². The van der Waals surface area contributed by atoms with Crippen molar-refractivity contribution in [2.75, 3.05) is 19.6 Å². The minimum absolute atomic E-state index is 0.194. The van der Waals surface area contributed by atoms with Crippen molar-refractivity contribution in [2.45, 2.75) is 32.3 Å². The molecule has 0 N–H and O–H groups in total. The molecule has 2 aromatic rings. The van der Waals surface area contributed by atoms with Crippen LogP contribution in [0.5, 0.6) is 0 Å². The maximum atomic E-state index is 12.4. The normalized spacial score (nSPS) is 17.3. The number of halogens is 2. The molecule has 1 saturated heterocycles. The van der Waals surface area contributed by atoms with Gasteiger partial charge in [-0.2, -0.15) is 5.10 Å². The average Bonchev–Trinajstić information content (AvgIpc) is 3.03. The first-order chi connectivity index (χ1) is 10.9. The van der Waals surface area contributed by atoms with Gasteiger partial charge < -0.3 is 4.74 Å². The summed E-state index contributed by atoms with van der Waals surface area (Å²) >= 11 is 1.37. The molecule has 0 unspecified atom stereocenters. The second-order valence-corrected chi connectivity index (χ2v) is 6.87. The maximum absolute atomic E-state index is 12.4. The van der Waals surface area contributed by atoms with E-state index in [1.54, 1.807) is 9.58 Å². The van der Waals surface area contributed by atoms with Crippen LogP contribution in [0.25, 0.3) is 10.2 Å². The van der Waals surface area contributed by atoms with Crippen molar-refractivity contribution in [3.8, 4) is 0 Å². The molecule has 0 saturated carbocycles. The van der Waals surface area contributed by atoms with Gasteiger partial charge in [-0.1, -0.05) is 0 Å². The Morgan fingerprint density at radius 1 is 1.48 bits per heavy atom. The molecule has 8 heteroatoms. The predicted molar refractivity (Wildman–Crippen MR) is 84.2 cm³/mol. The summed E-state index contributed by atoms with van der Waals surface area (Å²) in [6.07, 6.45) is -1.31. The molecular weight excluding hydrogens is 324 g/mol. The molecule has 3 heterocycles. The Morgan fingerprint density at radius 3 is 2.78 bits per heavy atom. The molecule has 0 aliphatic carbocycles. The van der Waals surface area contributed by atoms with Gasteiger partial charge >= 0.3 is 5.97 Å². The Kier molecular flexibility index (Phi) is 4.63. The Balaban J connectivity index is 1.60. The van der Waals surface area contributed by atoms with Crippen molar-refractivity contribution in [1.82, 2.24) is 14.7 Å². The molecule has 0 spiro atoms. The minimum Gasteiger partial charge on any atom is -0.458 e. The fraction of sp³-hybridized carbons (Fsp3) is 0.600. The van der Waals surface area contributed by atoms with Crippen molar-refractivity contribution in [3.05, 3.63) is 16.6 Å². The van der Waals surface area contributed by atoms with E-state index in [-0.39, 0.29) is 18.6 Å². The Hall–Kier alpha value is -1.54. The third-order valence-corrected chi connectivity index (χ3v) is 5.28. The van der Waals surface area contributed by atoms with E-state index in [4.69, 9.17) is 4.74 Å². The summed E-state index contributed by atoms with van der Waals surface area (Å²) < 4.78 is 32.0. The van der Waals surface area contributed by atoms with Crippen LogP contribution in [0, 0.1) is 6.92 Å². The van der Waals surface area contributed by atoms with Crippen LogP contribution < -0.4 is 0 Å². The van der Waals surface area contributed by atoms with Crippen molar-refractivity contribution >= 4 is 27.5 Å². The number of alkyl halides is 2. The highest BCUT2D eigenvalue weighted by Crippen LogP contribution is 2.29. The zero-order chi connectivity index (χ0) is 16.6. The van der Waals surface area contributed by atoms with Gasteiger partial charge in [-0.3, -0.25) is 9.58 Å². The third-order valence-electron chi connectivity index (χ3n) is 4.10. The van der Waals surface area contributed by atoms with Gasteiger partial charge in [-0.15, -0.1) is 11.3 Å². The van der Waals surface area contributed by atoms with Crippen LogP contribution in [-0.2, 0) is 11.8 Å². The van der Waals surface area contributed by atoms with E-state index >= 15 is 0 Å². The van der Waals surface area contributed by atoms with Gasteiger partial charge in [0.05, 0.1) is 12.2 Å². The summed E-state index contributed by atoms with van der Waals surface area (Å²) in [5.41, 5.74) is 0.887. The molecule has 0 aromatic carbocycles. The average molecular weight is 343 g/mol. The zero-order valence-electron chi connectivity index (χ0n) is 13.1. The number of aromatic nitrogens is 2. The fourth-order valence-electron chi connectivity index (χ4n) is 2.92. The van der Waals surface area contributed by atoms with Crippen LogP contribution in [-0.4, -0.2) is 52.8 Å². The number of ether oxygens (including phenoxy) is 1. The highest BCUT2D eigenvalue weighted by Gasteiger charge is 2.25. The van der Waals surface area contributed by atoms with Gasteiger partial charge in [0.2, 0.25) is 0 Å². The summed E-state index contributed by atoms with van der Waals surface area (Å²) in [7, 11) is 1.85. The number of piperidine rings is 1. The standard InChI is InChI=1S/C15H19F2N3O2S/c1-9-11-7-12(23-14(11)19(2)18-9)15(21)22-10-3-5-20(6-4-10)8-13(16)17/h7,10,13H,3-6,8H2,1-2H3. The number of hydrogen-bond acceptors (Lipinski definition) is 5. The summed E-state index contributed by atoms with van der Waals surface area (Å²) in [5.74, 6) is -0.335. The largest absolute Gasteiger partial charge is 0.458 e. The predicted octanol–water partition coefficient (Wildman–Crippen LogP) is 2.83. The lowest BCUT2D eigenvalue weighted by molar-refractivity contribution is 0.00268. The molecule has 5 nitrogen and oxygen atoms in total. The Bertz CT molecular complexity index is 670. The molecule has 1 aliphatic rings. The molecule has 126 valence electrons. The number of fused-ring (bicyclic) bond motifs is 1. The molecule has 23 heavy (non-hydrogen) atoms. The van der Waals surface area contributed by atoms with Crippen molar-refractivity contribution < 1.29 is 18.3 Å². The molecule has 0 atom stereocenters. The number of rotatable bonds is 4. The number of likely N-dealkylation sites (tertiary alicyclic amines) is 1. The van der Waals surface area contributed by atoms with Crippen LogP contribution in [0.2, 0.25) is 0 Å². The van der Waals surface area contributed by atoms with Crippen molar-refractivity contribution in [1.29, 1.82) is 0 Å². The first-order valence-electron chi connectivity index (χ1n) is 7.58. The molecule has 0 amide bonds. The molecule has 0 bridgehead atoms. The van der Waals surface area contributed by atoms with Gasteiger partial charge in [-0.25, -0.2) is 13.6 Å². The second-order valence-electron chi connectivity index (χ2n) is 5.83. The molecule has 3 rings (SSSR count). The van der Waals surface area contributed by atoms with Gasteiger partial charge in [0.15, 0.2) is 0 Å². The summed E-state index contributed by atoms with van der Waals surface area (Å²) in [6.45, 7) is 2.78. The Labute approximate surface area is 136 Å².